The van der Waals surface area contributed by atoms with Gasteiger partial charge in [0.15, 0.2) is 6.10 Å². The first kappa shape index (κ1) is 12.4. The van der Waals surface area contributed by atoms with Gasteiger partial charge in [-0.1, -0.05) is 0 Å². The molecule has 0 saturated carbocycles. The second kappa shape index (κ2) is 5.39. The van der Waals surface area contributed by atoms with Crippen LogP contribution in [0.4, 0.5) is 0 Å². The van der Waals surface area contributed by atoms with Crippen LogP contribution < -0.4 is 9.47 Å². The maximum absolute atomic E-state index is 11.5. The van der Waals surface area contributed by atoms with E-state index < -0.39 is 6.10 Å². The summed E-state index contributed by atoms with van der Waals surface area (Å²) in [5, 5.41) is 0. The Bertz CT molecular complexity index is 346. The van der Waals surface area contributed by atoms with E-state index in [-0.39, 0.29) is 5.91 Å². The fraction of sp³-hybridized carbons (Fsp3) is 0.417. The predicted molar refractivity (Wildman–Crippen MR) is 61.8 cm³/mol. The molecule has 0 aliphatic rings. The lowest BCUT2D eigenvalue weighted by Crippen LogP contribution is -2.35. The number of ether oxygens (including phenoxy) is 2. The third-order valence-corrected chi connectivity index (χ3v) is 2.16. The monoisotopic (exact) mass is 223 g/mol. The Kier molecular flexibility index (Phi) is 4.17. The normalized spacial score (nSPS) is 11.8. The Morgan fingerprint density at radius 1 is 1.19 bits per heavy atom. The van der Waals surface area contributed by atoms with E-state index in [1.807, 2.05) is 0 Å². The molecule has 0 saturated heterocycles. The molecule has 1 aromatic carbocycles. The van der Waals surface area contributed by atoms with E-state index >= 15 is 0 Å². The number of hydrogen-bond acceptors (Lipinski definition) is 3. The summed E-state index contributed by atoms with van der Waals surface area (Å²) >= 11 is 0. The molecule has 4 nitrogen and oxygen atoms in total. The number of rotatable bonds is 4. The number of hydrogen-bond donors (Lipinski definition) is 0. The summed E-state index contributed by atoms with van der Waals surface area (Å²) in [7, 11) is 5.01. The Balaban J connectivity index is 2.62. The van der Waals surface area contributed by atoms with Gasteiger partial charge in [0, 0.05) is 14.1 Å². The maximum Gasteiger partial charge on any atom is 0.262 e. The third-order valence-electron chi connectivity index (χ3n) is 2.16. The van der Waals surface area contributed by atoms with Crippen LogP contribution in [0.1, 0.15) is 6.92 Å². The SMILES string of the molecule is COc1ccc(O[C@H](C)C(=O)N(C)C)cc1. The van der Waals surface area contributed by atoms with E-state index in [0.29, 0.717) is 5.75 Å². The Morgan fingerprint density at radius 3 is 2.12 bits per heavy atom. The number of carbonyl (C=O) groups is 1. The van der Waals surface area contributed by atoms with Gasteiger partial charge in [0.2, 0.25) is 0 Å². The van der Waals surface area contributed by atoms with Gasteiger partial charge in [-0.05, 0) is 31.2 Å². The number of likely N-dealkylation sites (N-methyl/N-ethyl adjacent to an activating group) is 1. The first-order chi connectivity index (χ1) is 7.54. The van der Waals surface area contributed by atoms with Crippen LogP contribution in [0.15, 0.2) is 24.3 Å². The molecule has 1 aromatic rings. The third kappa shape index (κ3) is 3.15. The van der Waals surface area contributed by atoms with Crippen molar-refractivity contribution in [1.82, 2.24) is 4.90 Å². The van der Waals surface area contributed by atoms with Gasteiger partial charge in [-0.3, -0.25) is 4.79 Å². The van der Waals surface area contributed by atoms with Crippen LogP contribution in [0.3, 0.4) is 0 Å². The Morgan fingerprint density at radius 2 is 1.69 bits per heavy atom. The molecule has 0 spiro atoms. The van der Waals surface area contributed by atoms with Crippen LogP contribution >= 0.6 is 0 Å². The summed E-state index contributed by atoms with van der Waals surface area (Å²) in [5.74, 6) is 1.36. The molecule has 1 rings (SSSR count). The van der Waals surface area contributed by atoms with Gasteiger partial charge in [-0.2, -0.15) is 0 Å². The van der Waals surface area contributed by atoms with Crippen LogP contribution in [0.25, 0.3) is 0 Å². The van der Waals surface area contributed by atoms with Gasteiger partial charge < -0.3 is 14.4 Å². The highest BCUT2D eigenvalue weighted by Crippen LogP contribution is 2.18. The summed E-state index contributed by atoms with van der Waals surface area (Å²) in [6.07, 6.45) is -0.483. The molecule has 0 fully saturated rings. The minimum Gasteiger partial charge on any atom is -0.497 e. The van der Waals surface area contributed by atoms with Crippen molar-refractivity contribution in [3.63, 3.8) is 0 Å². The van der Waals surface area contributed by atoms with E-state index in [4.69, 9.17) is 9.47 Å². The molecule has 1 amide bonds. The van der Waals surface area contributed by atoms with Gasteiger partial charge in [-0.15, -0.1) is 0 Å². The number of methoxy groups -OCH3 is 1. The second-order valence-electron chi connectivity index (χ2n) is 3.67. The first-order valence-corrected chi connectivity index (χ1v) is 5.06. The van der Waals surface area contributed by atoms with Gasteiger partial charge in [-0.25, -0.2) is 0 Å². The zero-order chi connectivity index (χ0) is 12.1. The molecule has 0 heterocycles. The summed E-state index contributed by atoms with van der Waals surface area (Å²) in [4.78, 5) is 13.1. The summed E-state index contributed by atoms with van der Waals surface area (Å²) in [5.41, 5.74) is 0. The van der Waals surface area contributed by atoms with Crippen molar-refractivity contribution in [1.29, 1.82) is 0 Å². The fourth-order valence-electron chi connectivity index (χ4n) is 1.27. The maximum atomic E-state index is 11.5. The van der Waals surface area contributed by atoms with Crippen molar-refractivity contribution in [3.05, 3.63) is 24.3 Å². The summed E-state index contributed by atoms with van der Waals surface area (Å²) < 4.78 is 10.5. The van der Waals surface area contributed by atoms with E-state index in [9.17, 15) is 4.79 Å². The van der Waals surface area contributed by atoms with Crippen molar-refractivity contribution in [3.8, 4) is 11.5 Å². The molecule has 0 aliphatic carbocycles. The second-order valence-corrected chi connectivity index (χ2v) is 3.67. The van der Waals surface area contributed by atoms with E-state index in [0.717, 1.165) is 5.75 Å². The van der Waals surface area contributed by atoms with Crippen molar-refractivity contribution >= 4 is 5.91 Å². The van der Waals surface area contributed by atoms with Crippen molar-refractivity contribution < 1.29 is 14.3 Å². The molecular formula is C12H17NO3. The minimum absolute atomic E-state index is 0.0594. The zero-order valence-electron chi connectivity index (χ0n) is 10.1. The topological polar surface area (TPSA) is 38.8 Å². The average molecular weight is 223 g/mol. The molecule has 0 radical (unpaired) electrons. The molecule has 88 valence electrons. The quantitative estimate of drug-likeness (QED) is 0.777. The molecule has 0 unspecified atom stereocenters. The summed E-state index contributed by atoms with van der Waals surface area (Å²) in [6.45, 7) is 1.73. The number of amides is 1. The number of nitrogens with zero attached hydrogens (tertiary/aromatic N) is 1. The highest BCUT2D eigenvalue weighted by Gasteiger charge is 2.16. The van der Waals surface area contributed by atoms with Gasteiger partial charge in [0.25, 0.3) is 5.91 Å². The zero-order valence-corrected chi connectivity index (χ0v) is 10.1. The van der Waals surface area contributed by atoms with Crippen LogP contribution in [-0.2, 0) is 4.79 Å². The highest BCUT2D eigenvalue weighted by atomic mass is 16.5. The van der Waals surface area contributed by atoms with Crippen LogP contribution in [0, 0.1) is 0 Å². The average Bonchev–Trinajstić information content (AvgIpc) is 2.28. The summed E-state index contributed by atoms with van der Waals surface area (Å²) in [6, 6.07) is 7.14. The van der Waals surface area contributed by atoms with Gasteiger partial charge in [0.05, 0.1) is 7.11 Å². The van der Waals surface area contributed by atoms with Crippen LogP contribution in [-0.4, -0.2) is 38.1 Å². The molecule has 1 atom stereocenters. The largest absolute Gasteiger partial charge is 0.497 e. The Hall–Kier alpha value is -1.71. The van der Waals surface area contributed by atoms with E-state index in [2.05, 4.69) is 0 Å². The molecule has 0 aromatic heterocycles. The molecule has 0 bridgehead atoms. The molecule has 0 aliphatic heterocycles. The lowest BCUT2D eigenvalue weighted by atomic mass is 10.3. The van der Waals surface area contributed by atoms with Gasteiger partial charge >= 0.3 is 0 Å². The van der Waals surface area contributed by atoms with Crippen LogP contribution in [0.5, 0.6) is 11.5 Å². The highest BCUT2D eigenvalue weighted by molar-refractivity contribution is 5.80. The van der Waals surface area contributed by atoms with Crippen molar-refractivity contribution in [2.24, 2.45) is 0 Å². The smallest absolute Gasteiger partial charge is 0.262 e. The Labute approximate surface area is 95.8 Å². The molecule has 0 N–H and O–H groups in total. The van der Waals surface area contributed by atoms with Gasteiger partial charge in [0.1, 0.15) is 11.5 Å². The molecule has 4 heteroatoms. The van der Waals surface area contributed by atoms with Crippen molar-refractivity contribution in [2.75, 3.05) is 21.2 Å². The standard InChI is InChI=1S/C12H17NO3/c1-9(12(14)13(2)3)16-11-7-5-10(15-4)6-8-11/h5-9H,1-4H3/t9-/m1/s1. The van der Waals surface area contributed by atoms with E-state index in [1.54, 1.807) is 52.4 Å². The predicted octanol–water partition coefficient (Wildman–Crippen LogP) is 1.55. The number of benzene rings is 1. The lowest BCUT2D eigenvalue weighted by Gasteiger charge is -2.18. The fourth-order valence-corrected chi connectivity index (χ4v) is 1.27. The van der Waals surface area contributed by atoms with E-state index in [1.165, 1.54) is 4.90 Å². The molecule has 16 heavy (non-hydrogen) atoms. The number of carbonyl (C=O) groups excluding carboxylic acids is 1. The van der Waals surface area contributed by atoms with Crippen LogP contribution in [0.2, 0.25) is 0 Å². The van der Waals surface area contributed by atoms with Crippen molar-refractivity contribution in [2.45, 2.75) is 13.0 Å². The first-order valence-electron chi connectivity index (χ1n) is 5.06. The lowest BCUT2D eigenvalue weighted by molar-refractivity contribution is -0.135. The minimum atomic E-state index is -0.483. The molecular weight excluding hydrogens is 206 g/mol.